The van der Waals surface area contributed by atoms with Gasteiger partial charge in [-0.15, -0.1) is 11.3 Å². The number of esters is 2. The topological polar surface area (TPSA) is 185 Å². The van der Waals surface area contributed by atoms with Gasteiger partial charge in [-0.2, -0.15) is 0 Å². The Morgan fingerprint density at radius 3 is 2.28 bits per heavy atom. The number of ketones is 1. The number of hydrogen-bond acceptors (Lipinski definition) is 12. The van der Waals surface area contributed by atoms with Crippen LogP contribution in [0.4, 0.5) is 0 Å². The SMILES string of the molecule is CCCC(=O)OCN(C(=O)[C@@H](NC(=O)[C@H]1CCCCN1C)C(C)CC)[C@H](C[C@@H](OC(C)=O)c1nc(C(=O)N[C@@H](Cc2ccc(O)cc2)C[C@H](C)C(C)=O)cs1)C(C)C. The van der Waals surface area contributed by atoms with Crippen LogP contribution in [-0.2, 0) is 39.9 Å². The molecule has 15 heteroatoms. The number of carbonyl (C=O) groups is 6. The zero-order valence-electron chi connectivity index (χ0n) is 35.7. The summed E-state index contributed by atoms with van der Waals surface area (Å²) < 4.78 is 11.5. The van der Waals surface area contributed by atoms with E-state index in [0.29, 0.717) is 37.1 Å². The van der Waals surface area contributed by atoms with Gasteiger partial charge in [0.2, 0.25) is 11.8 Å². The number of nitrogens with zero attached hydrogens (tertiary/aromatic N) is 3. The number of thiazole rings is 1. The number of phenols is 1. The molecule has 1 aliphatic rings. The van der Waals surface area contributed by atoms with Crippen LogP contribution in [-0.4, -0.2) is 99.8 Å². The Kier molecular flexibility index (Phi) is 19.3. The third-order valence-corrected chi connectivity index (χ3v) is 11.9. The first kappa shape index (κ1) is 48.0. The van der Waals surface area contributed by atoms with Gasteiger partial charge in [0.1, 0.15) is 28.3 Å². The highest BCUT2D eigenvalue weighted by Crippen LogP contribution is 2.32. The normalized spacial score (nSPS) is 17.6. The van der Waals surface area contributed by atoms with Crippen LogP contribution in [0.3, 0.4) is 0 Å². The average Bonchev–Trinajstić information content (AvgIpc) is 3.67. The third kappa shape index (κ3) is 14.5. The summed E-state index contributed by atoms with van der Waals surface area (Å²) in [5.74, 6) is -2.87. The van der Waals surface area contributed by atoms with E-state index in [2.05, 4.69) is 15.6 Å². The lowest BCUT2D eigenvalue weighted by molar-refractivity contribution is -0.160. The number of nitrogens with one attached hydrogen (secondary N) is 2. The fraction of sp³-hybridized carbons (Fsp3) is 0.651. The second-order valence-corrected chi connectivity index (χ2v) is 17.0. The van der Waals surface area contributed by atoms with Gasteiger partial charge in [0.05, 0.1) is 6.04 Å². The van der Waals surface area contributed by atoms with E-state index in [-0.39, 0.29) is 66.5 Å². The molecule has 322 valence electrons. The second-order valence-electron chi connectivity index (χ2n) is 16.1. The van der Waals surface area contributed by atoms with E-state index in [1.165, 1.54) is 18.7 Å². The van der Waals surface area contributed by atoms with E-state index in [0.717, 1.165) is 36.3 Å². The molecule has 1 aliphatic heterocycles. The highest BCUT2D eigenvalue weighted by Gasteiger charge is 2.39. The van der Waals surface area contributed by atoms with E-state index in [1.54, 1.807) is 36.6 Å². The molecule has 1 aromatic carbocycles. The number of aromatic nitrogens is 1. The van der Waals surface area contributed by atoms with Gasteiger partial charge < -0.3 is 30.1 Å². The molecule has 2 aromatic rings. The van der Waals surface area contributed by atoms with Crippen LogP contribution >= 0.6 is 11.3 Å². The van der Waals surface area contributed by atoms with Crippen molar-refractivity contribution in [3.05, 3.63) is 45.9 Å². The molecule has 2 heterocycles. The summed E-state index contributed by atoms with van der Waals surface area (Å²) in [6, 6.07) is 4.28. The van der Waals surface area contributed by atoms with Crippen molar-refractivity contribution >= 4 is 46.8 Å². The molecule has 3 rings (SSSR count). The maximum Gasteiger partial charge on any atom is 0.307 e. The number of hydrogen-bond donors (Lipinski definition) is 3. The predicted molar refractivity (Wildman–Crippen MR) is 222 cm³/mol. The van der Waals surface area contributed by atoms with E-state index in [4.69, 9.17) is 9.47 Å². The van der Waals surface area contributed by atoms with E-state index < -0.39 is 48.0 Å². The lowest BCUT2D eigenvalue weighted by atomic mass is 9.92. The Labute approximate surface area is 347 Å². The minimum absolute atomic E-state index is 0.00726. The van der Waals surface area contributed by atoms with Gasteiger partial charge in [-0.3, -0.25) is 33.7 Å². The Morgan fingerprint density at radius 1 is 1.00 bits per heavy atom. The summed E-state index contributed by atoms with van der Waals surface area (Å²) in [6.07, 6.45) is 3.80. The molecule has 1 unspecified atom stereocenters. The summed E-state index contributed by atoms with van der Waals surface area (Å²) >= 11 is 1.14. The van der Waals surface area contributed by atoms with E-state index >= 15 is 0 Å². The van der Waals surface area contributed by atoms with Gasteiger partial charge in [-0.05, 0) is 82.2 Å². The van der Waals surface area contributed by atoms with Crippen molar-refractivity contribution in [2.24, 2.45) is 17.8 Å². The number of Topliss-reactive ketones (excluding diaryl/α,β-unsaturated/α-hetero) is 1. The standard InChI is InChI=1S/C43H65N5O9S/c1-10-14-38(52)56-25-48(43(55)39(27(5)11-2)46-41(54)35-15-12-13-20-47(35)9)36(26(3)4)23-37(57-30(8)50)42-45-34(24-58-42)40(53)44-32(21-28(6)29(7)49)22-31-16-18-33(51)19-17-31/h16-19,24,26-28,32,35-37,39,51H,10-15,20-23,25H2,1-9H3,(H,44,53)(H,46,54)/t27?,28-,32+,35+,36+,37+,39-/m0/s1. The van der Waals surface area contributed by atoms with E-state index in [9.17, 15) is 33.9 Å². The summed E-state index contributed by atoms with van der Waals surface area (Å²) in [5.41, 5.74) is 0.960. The fourth-order valence-corrected chi connectivity index (χ4v) is 7.98. The molecule has 7 atom stereocenters. The van der Waals surface area contributed by atoms with Crippen LogP contribution in [0, 0.1) is 17.8 Å². The zero-order valence-corrected chi connectivity index (χ0v) is 36.6. The number of benzene rings is 1. The van der Waals surface area contributed by atoms with Gasteiger partial charge in [-0.25, -0.2) is 4.98 Å². The maximum absolute atomic E-state index is 14.8. The molecule has 0 saturated carbocycles. The molecular weight excluding hydrogens is 763 g/mol. The van der Waals surface area contributed by atoms with Crippen molar-refractivity contribution in [2.75, 3.05) is 20.3 Å². The Balaban J connectivity index is 1.95. The molecule has 14 nitrogen and oxygen atoms in total. The largest absolute Gasteiger partial charge is 0.508 e. The minimum atomic E-state index is -0.976. The number of piperidine rings is 1. The zero-order chi connectivity index (χ0) is 43.1. The van der Waals surface area contributed by atoms with E-state index in [1.807, 2.05) is 46.6 Å². The Hall–Kier alpha value is -4.37. The lowest BCUT2D eigenvalue weighted by Crippen LogP contribution is -2.59. The number of phenolic OH excluding ortho intramolecular Hbond substituents is 1. The molecule has 0 radical (unpaired) electrons. The lowest BCUT2D eigenvalue weighted by Gasteiger charge is -2.39. The molecular formula is C43H65N5O9S. The summed E-state index contributed by atoms with van der Waals surface area (Å²) in [6.45, 7) is 14.5. The van der Waals surface area contributed by atoms with Crippen molar-refractivity contribution in [1.29, 1.82) is 0 Å². The quantitative estimate of drug-likeness (QED) is 0.0939. The molecule has 1 aromatic heterocycles. The number of likely N-dealkylation sites (N-methyl/N-ethyl adjacent to an activating group) is 1. The third-order valence-electron chi connectivity index (χ3n) is 11.0. The van der Waals surface area contributed by atoms with Gasteiger partial charge in [-0.1, -0.05) is 66.5 Å². The summed E-state index contributed by atoms with van der Waals surface area (Å²) in [5, 5.41) is 17.7. The first-order chi connectivity index (χ1) is 27.4. The summed E-state index contributed by atoms with van der Waals surface area (Å²) in [7, 11) is 1.91. The van der Waals surface area contributed by atoms with Crippen LogP contribution in [0.25, 0.3) is 0 Å². The number of carbonyl (C=O) groups excluding carboxylic acids is 6. The highest BCUT2D eigenvalue weighted by molar-refractivity contribution is 7.09. The average molecular weight is 828 g/mol. The first-order valence-electron chi connectivity index (χ1n) is 20.6. The monoisotopic (exact) mass is 827 g/mol. The minimum Gasteiger partial charge on any atom is -0.508 e. The fourth-order valence-electron chi connectivity index (χ4n) is 7.14. The molecule has 0 bridgehead atoms. The van der Waals surface area contributed by atoms with Crippen LogP contribution in [0.2, 0.25) is 0 Å². The molecule has 1 fully saturated rings. The molecule has 3 N–H and O–H groups in total. The van der Waals surface area contributed by atoms with Crippen molar-refractivity contribution in [3.8, 4) is 5.75 Å². The molecule has 1 saturated heterocycles. The second kappa shape index (κ2) is 23.3. The Bertz CT molecular complexity index is 1680. The van der Waals surface area contributed by atoms with Crippen LogP contribution in [0.15, 0.2) is 29.6 Å². The van der Waals surface area contributed by atoms with Crippen LogP contribution < -0.4 is 10.6 Å². The predicted octanol–water partition coefficient (Wildman–Crippen LogP) is 5.97. The van der Waals surface area contributed by atoms with Crippen LogP contribution in [0.1, 0.15) is 134 Å². The summed E-state index contributed by atoms with van der Waals surface area (Å²) in [4.78, 5) is 87.7. The first-order valence-corrected chi connectivity index (χ1v) is 21.5. The highest BCUT2D eigenvalue weighted by atomic mass is 32.1. The van der Waals surface area contributed by atoms with Gasteiger partial charge >= 0.3 is 11.9 Å². The van der Waals surface area contributed by atoms with Crippen LogP contribution in [0.5, 0.6) is 5.75 Å². The van der Waals surface area contributed by atoms with Gasteiger partial charge in [0.25, 0.3) is 5.91 Å². The van der Waals surface area contributed by atoms with Crippen molar-refractivity contribution in [1.82, 2.24) is 25.4 Å². The number of rotatable bonds is 22. The molecule has 58 heavy (non-hydrogen) atoms. The number of likely N-dealkylation sites (tertiary alicyclic amines) is 1. The number of aromatic hydroxyl groups is 1. The van der Waals surface area contributed by atoms with Crippen molar-refractivity contribution in [2.45, 2.75) is 143 Å². The number of amides is 3. The van der Waals surface area contributed by atoms with Gasteiger partial charge in [0, 0.05) is 43.1 Å². The van der Waals surface area contributed by atoms with Crippen molar-refractivity contribution in [3.63, 3.8) is 0 Å². The Morgan fingerprint density at radius 2 is 1.69 bits per heavy atom. The smallest absolute Gasteiger partial charge is 0.307 e. The van der Waals surface area contributed by atoms with Crippen molar-refractivity contribution < 1.29 is 43.3 Å². The number of ether oxygens (including phenoxy) is 2. The molecule has 0 aliphatic carbocycles. The molecule has 3 amide bonds. The maximum atomic E-state index is 14.8. The molecule has 0 spiro atoms. The van der Waals surface area contributed by atoms with Gasteiger partial charge in [0.15, 0.2) is 12.8 Å².